The van der Waals surface area contributed by atoms with Gasteiger partial charge in [-0.25, -0.2) is 4.79 Å². The molecule has 0 saturated heterocycles. The van der Waals surface area contributed by atoms with E-state index in [0.717, 1.165) is 4.34 Å². The van der Waals surface area contributed by atoms with Crippen LogP contribution in [0.3, 0.4) is 0 Å². The number of hydrogen-bond acceptors (Lipinski definition) is 4. The normalized spacial score (nSPS) is 13.0. The lowest BCUT2D eigenvalue weighted by molar-refractivity contribution is 0.0261. The molecule has 0 spiro atoms. The summed E-state index contributed by atoms with van der Waals surface area (Å²) in [6.45, 7) is 11.6. The Hall–Kier alpha value is -0.780. The molecular weight excluding hydrogens is 308 g/mol. The molecule has 0 aliphatic rings. The van der Waals surface area contributed by atoms with E-state index in [1.54, 1.807) is 4.90 Å². The highest BCUT2D eigenvalue weighted by Crippen LogP contribution is 2.24. The summed E-state index contributed by atoms with van der Waals surface area (Å²) in [6.07, 6.45) is -0.266. The zero-order valence-electron chi connectivity index (χ0n) is 13.4. The number of carbonyl (C=O) groups excluding carboxylic acids is 1. The third-order valence-electron chi connectivity index (χ3n) is 2.95. The lowest BCUT2D eigenvalue weighted by Crippen LogP contribution is -2.40. The van der Waals surface area contributed by atoms with Gasteiger partial charge in [0.2, 0.25) is 0 Å². The average Bonchev–Trinajstić information content (AvgIpc) is 2.79. The van der Waals surface area contributed by atoms with Crippen LogP contribution in [0.2, 0.25) is 4.34 Å². The van der Waals surface area contributed by atoms with Crippen molar-refractivity contribution in [1.82, 2.24) is 10.2 Å². The summed E-state index contributed by atoms with van der Waals surface area (Å²) in [5.74, 6) is 0. The zero-order chi connectivity index (χ0) is 16.0. The first-order valence-corrected chi connectivity index (χ1v) is 8.44. The maximum absolute atomic E-state index is 12.0. The smallest absolute Gasteiger partial charge is 0.410 e. The minimum absolute atomic E-state index is 0.214. The summed E-state index contributed by atoms with van der Waals surface area (Å²) < 4.78 is 6.17. The van der Waals surface area contributed by atoms with E-state index in [2.05, 4.69) is 12.2 Å². The van der Waals surface area contributed by atoms with E-state index in [9.17, 15) is 4.79 Å². The van der Waals surface area contributed by atoms with Crippen molar-refractivity contribution in [3.05, 3.63) is 21.3 Å². The molecule has 1 unspecified atom stereocenters. The van der Waals surface area contributed by atoms with Crippen LogP contribution in [0.15, 0.2) is 11.4 Å². The second kappa shape index (κ2) is 8.01. The topological polar surface area (TPSA) is 41.6 Å². The Bertz CT molecular complexity index is 457. The molecule has 1 aromatic rings. The summed E-state index contributed by atoms with van der Waals surface area (Å²) in [5, 5.41) is 5.44. The minimum Gasteiger partial charge on any atom is -0.444 e. The number of thiophene rings is 1. The van der Waals surface area contributed by atoms with E-state index in [-0.39, 0.29) is 12.1 Å². The van der Waals surface area contributed by atoms with Gasteiger partial charge < -0.3 is 15.0 Å². The van der Waals surface area contributed by atoms with E-state index in [1.165, 1.54) is 16.9 Å². The van der Waals surface area contributed by atoms with Gasteiger partial charge in [0.25, 0.3) is 0 Å². The largest absolute Gasteiger partial charge is 0.444 e. The molecule has 0 aliphatic heterocycles. The van der Waals surface area contributed by atoms with Crippen molar-refractivity contribution >= 4 is 29.0 Å². The number of halogens is 1. The number of nitrogens with zero attached hydrogens (tertiary/aromatic N) is 1. The Morgan fingerprint density at radius 3 is 2.67 bits per heavy atom. The van der Waals surface area contributed by atoms with Gasteiger partial charge in [-0.1, -0.05) is 11.6 Å². The Morgan fingerprint density at radius 1 is 1.52 bits per heavy atom. The Balaban J connectivity index is 2.40. The van der Waals surface area contributed by atoms with Gasteiger partial charge >= 0.3 is 6.09 Å². The number of hydrogen-bond donors (Lipinski definition) is 1. The monoisotopic (exact) mass is 332 g/mol. The fourth-order valence-corrected chi connectivity index (χ4v) is 2.77. The number of amides is 1. The van der Waals surface area contributed by atoms with E-state index in [4.69, 9.17) is 16.3 Å². The molecule has 0 saturated carbocycles. The lowest BCUT2D eigenvalue weighted by Gasteiger charge is -2.27. The fraction of sp³-hybridized carbons (Fsp3) is 0.667. The van der Waals surface area contributed by atoms with Crippen LogP contribution < -0.4 is 5.32 Å². The molecule has 6 heteroatoms. The molecule has 0 radical (unpaired) electrons. The SMILES string of the molecule is CCN(CCNC(C)c1csc(Cl)c1)C(=O)OC(C)(C)C. The average molecular weight is 333 g/mol. The predicted octanol–water partition coefficient (Wildman–Crippen LogP) is 4.31. The molecule has 120 valence electrons. The van der Waals surface area contributed by atoms with Crippen LogP contribution in [0.25, 0.3) is 0 Å². The Labute approximate surface area is 136 Å². The summed E-state index contributed by atoms with van der Waals surface area (Å²) >= 11 is 7.46. The van der Waals surface area contributed by atoms with Gasteiger partial charge in [-0.2, -0.15) is 0 Å². The summed E-state index contributed by atoms with van der Waals surface area (Å²) in [6, 6.07) is 2.18. The lowest BCUT2D eigenvalue weighted by atomic mass is 10.2. The molecule has 1 N–H and O–H groups in total. The van der Waals surface area contributed by atoms with Crippen LogP contribution in [0.1, 0.15) is 46.2 Å². The van der Waals surface area contributed by atoms with Crippen LogP contribution >= 0.6 is 22.9 Å². The molecule has 1 atom stereocenters. The second-order valence-corrected chi connectivity index (χ2v) is 7.46. The minimum atomic E-state index is -0.460. The zero-order valence-corrected chi connectivity index (χ0v) is 15.0. The van der Waals surface area contributed by atoms with Gasteiger partial charge in [0.15, 0.2) is 0 Å². The number of carbonyl (C=O) groups is 1. The highest BCUT2D eigenvalue weighted by molar-refractivity contribution is 7.14. The van der Waals surface area contributed by atoms with Crippen molar-refractivity contribution in [3.63, 3.8) is 0 Å². The highest BCUT2D eigenvalue weighted by Gasteiger charge is 2.20. The molecule has 1 rings (SSSR count). The fourth-order valence-electron chi connectivity index (χ4n) is 1.79. The van der Waals surface area contributed by atoms with Gasteiger partial charge in [0.05, 0.1) is 4.34 Å². The molecular formula is C15H25ClN2O2S. The van der Waals surface area contributed by atoms with Gasteiger partial charge in [-0.05, 0) is 51.6 Å². The van der Waals surface area contributed by atoms with Gasteiger partial charge in [0.1, 0.15) is 5.60 Å². The Morgan fingerprint density at radius 2 is 2.19 bits per heavy atom. The Kier molecular flexibility index (Phi) is 6.97. The van der Waals surface area contributed by atoms with Crippen molar-refractivity contribution in [1.29, 1.82) is 0 Å². The van der Waals surface area contributed by atoms with Crippen LogP contribution in [0.4, 0.5) is 4.79 Å². The first-order chi connectivity index (χ1) is 9.73. The molecule has 0 aliphatic carbocycles. The van der Waals surface area contributed by atoms with Gasteiger partial charge in [-0.3, -0.25) is 0 Å². The van der Waals surface area contributed by atoms with Gasteiger partial charge in [-0.15, -0.1) is 11.3 Å². The molecule has 0 bridgehead atoms. The molecule has 1 aromatic heterocycles. The van der Waals surface area contributed by atoms with Crippen LogP contribution in [-0.2, 0) is 4.74 Å². The number of rotatable bonds is 6. The molecule has 1 amide bonds. The summed E-state index contributed by atoms with van der Waals surface area (Å²) in [5.41, 5.74) is 0.712. The number of ether oxygens (including phenoxy) is 1. The molecule has 0 aromatic carbocycles. The van der Waals surface area contributed by atoms with Crippen molar-refractivity contribution in [2.75, 3.05) is 19.6 Å². The standard InChI is InChI=1S/C15H25ClN2O2S/c1-6-18(14(19)20-15(3,4)5)8-7-17-11(2)12-9-13(16)21-10-12/h9-11,17H,6-8H2,1-5H3. The summed E-state index contributed by atoms with van der Waals surface area (Å²) in [7, 11) is 0. The molecule has 21 heavy (non-hydrogen) atoms. The number of likely N-dealkylation sites (N-methyl/N-ethyl adjacent to an activating group) is 1. The van der Waals surface area contributed by atoms with E-state index < -0.39 is 5.60 Å². The quantitative estimate of drug-likeness (QED) is 0.844. The molecule has 1 heterocycles. The highest BCUT2D eigenvalue weighted by atomic mass is 35.5. The second-order valence-electron chi connectivity index (χ2n) is 5.92. The third-order valence-corrected chi connectivity index (χ3v) is 4.06. The van der Waals surface area contributed by atoms with Crippen LogP contribution in [0, 0.1) is 0 Å². The van der Waals surface area contributed by atoms with Crippen molar-refractivity contribution < 1.29 is 9.53 Å². The van der Waals surface area contributed by atoms with Crippen molar-refractivity contribution in [2.45, 2.75) is 46.3 Å². The molecule has 0 fully saturated rings. The van der Waals surface area contributed by atoms with E-state index in [0.29, 0.717) is 19.6 Å². The van der Waals surface area contributed by atoms with Crippen molar-refractivity contribution in [3.8, 4) is 0 Å². The maximum atomic E-state index is 12.0. The van der Waals surface area contributed by atoms with Gasteiger partial charge in [0, 0.05) is 25.7 Å². The predicted molar refractivity (Wildman–Crippen MR) is 89.2 cm³/mol. The van der Waals surface area contributed by atoms with Crippen molar-refractivity contribution in [2.24, 2.45) is 0 Å². The number of nitrogens with one attached hydrogen (secondary N) is 1. The van der Waals surface area contributed by atoms with E-state index >= 15 is 0 Å². The molecule has 4 nitrogen and oxygen atoms in total. The first kappa shape index (κ1) is 18.3. The third kappa shape index (κ3) is 6.68. The van der Waals surface area contributed by atoms with Crippen LogP contribution in [-0.4, -0.2) is 36.2 Å². The van der Waals surface area contributed by atoms with E-state index in [1.807, 2.05) is 39.1 Å². The summed E-state index contributed by atoms with van der Waals surface area (Å²) in [4.78, 5) is 13.7. The van der Waals surface area contributed by atoms with Crippen LogP contribution in [0.5, 0.6) is 0 Å². The maximum Gasteiger partial charge on any atom is 0.410 e. The first-order valence-electron chi connectivity index (χ1n) is 7.18.